The molecule has 5 rings (SSSR count). The van der Waals surface area contributed by atoms with Crippen molar-refractivity contribution < 1.29 is 36.2 Å². The first-order chi connectivity index (χ1) is 22.6. The van der Waals surface area contributed by atoms with Crippen LogP contribution in [0.3, 0.4) is 0 Å². The largest absolute Gasteiger partial charge is 0.453 e. The van der Waals surface area contributed by atoms with E-state index in [0.717, 1.165) is 54.8 Å². The minimum atomic E-state index is -4.67. The maximum Gasteiger partial charge on any atom is 0.416 e. The Hall–Kier alpha value is -4.26. The lowest BCUT2D eigenvalue weighted by Crippen LogP contribution is -2.16. The summed E-state index contributed by atoms with van der Waals surface area (Å²) in [5.74, 6) is -1.91. The first-order valence-corrected chi connectivity index (χ1v) is 15.9. The molecule has 0 unspecified atom stereocenters. The molecule has 0 atom stereocenters. The van der Waals surface area contributed by atoms with Gasteiger partial charge >= 0.3 is 6.18 Å². The van der Waals surface area contributed by atoms with Crippen LogP contribution in [0.1, 0.15) is 42.0 Å². The van der Waals surface area contributed by atoms with Crippen LogP contribution in [-0.4, -0.2) is 35.5 Å². The third-order valence-electron chi connectivity index (χ3n) is 7.15. The number of fused-ring (bicyclic) bond motifs is 1. The van der Waals surface area contributed by atoms with Crippen LogP contribution in [0.25, 0.3) is 20.8 Å². The number of nitrogens with zero attached hydrogens (tertiary/aromatic N) is 2. The number of rotatable bonds is 15. The van der Waals surface area contributed by atoms with E-state index in [1.807, 2.05) is 24.4 Å². The third-order valence-corrected chi connectivity index (χ3v) is 8.31. The molecule has 5 aromatic rings. The molecule has 0 amide bonds. The Morgan fingerprint density at radius 2 is 1.72 bits per heavy atom. The van der Waals surface area contributed by atoms with Crippen molar-refractivity contribution in [3.8, 4) is 22.1 Å². The molecule has 0 aliphatic heterocycles. The summed E-state index contributed by atoms with van der Waals surface area (Å²) >= 11 is 1.41. The number of ketones is 1. The van der Waals surface area contributed by atoms with Gasteiger partial charge in [0.1, 0.15) is 17.3 Å². The van der Waals surface area contributed by atoms with Gasteiger partial charge in [-0.1, -0.05) is 19.1 Å². The zero-order valence-electron chi connectivity index (χ0n) is 25.5. The molecule has 0 aliphatic rings. The van der Waals surface area contributed by atoms with Crippen LogP contribution in [0.2, 0.25) is 0 Å². The van der Waals surface area contributed by atoms with Gasteiger partial charge < -0.3 is 14.8 Å². The lowest BCUT2D eigenvalue weighted by atomic mass is 10.0. The number of hydrogen-bond acceptors (Lipinski definition) is 7. The van der Waals surface area contributed by atoms with Crippen molar-refractivity contribution in [2.45, 2.75) is 45.3 Å². The summed E-state index contributed by atoms with van der Waals surface area (Å²) < 4.78 is 80.3. The standard InChI is InChI=1S/C35H32F5N3O3S/c1-2-13-45-14-3-11-41-20-23-4-8-29(43-21-23)33-19-30-34(47-33)32(10-12-42-30)46-31-9-5-22(16-28(31)37)15-26(44)18-24-17-25(35(38,39)40)6-7-27(24)36/h4-10,12,16-17,19,21,41H,2-3,11,13-15,18,20H2,1H3. The minimum absolute atomic E-state index is 0.0838. The van der Waals surface area contributed by atoms with Crippen LogP contribution in [0.4, 0.5) is 22.0 Å². The van der Waals surface area contributed by atoms with Crippen LogP contribution >= 0.6 is 11.3 Å². The average Bonchev–Trinajstić information content (AvgIpc) is 3.48. The van der Waals surface area contributed by atoms with Gasteiger partial charge in [0.25, 0.3) is 0 Å². The number of pyridine rings is 2. The molecular weight excluding hydrogens is 637 g/mol. The van der Waals surface area contributed by atoms with Crippen LogP contribution in [0.15, 0.2) is 73.1 Å². The van der Waals surface area contributed by atoms with Gasteiger partial charge in [-0.15, -0.1) is 11.3 Å². The van der Waals surface area contributed by atoms with Gasteiger partial charge in [-0.05, 0) is 78.5 Å². The maximum absolute atomic E-state index is 15.1. The molecule has 12 heteroatoms. The van der Waals surface area contributed by atoms with Crippen LogP contribution in [0, 0.1) is 11.6 Å². The monoisotopic (exact) mass is 669 g/mol. The predicted molar refractivity (Wildman–Crippen MR) is 171 cm³/mol. The number of ether oxygens (including phenoxy) is 2. The number of benzene rings is 2. The Bertz CT molecular complexity index is 1830. The van der Waals surface area contributed by atoms with Crippen molar-refractivity contribution in [1.29, 1.82) is 0 Å². The number of Topliss-reactive ketones (excluding diaryl/α,β-unsaturated/α-hetero) is 1. The van der Waals surface area contributed by atoms with Gasteiger partial charge in [0.2, 0.25) is 0 Å². The summed E-state index contributed by atoms with van der Waals surface area (Å²) in [6.07, 6.45) is -0.193. The van der Waals surface area contributed by atoms with Crippen molar-refractivity contribution in [3.63, 3.8) is 0 Å². The highest BCUT2D eigenvalue weighted by Crippen LogP contribution is 2.39. The Morgan fingerprint density at radius 1 is 0.894 bits per heavy atom. The van der Waals surface area contributed by atoms with E-state index in [2.05, 4.69) is 22.2 Å². The number of thiophene rings is 1. The average molecular weight is 670 g/mol. The topological polar surface area (TPSA) is 73.3 Å². The second-order valence-corrected chi connectivity index (χ2v) is 11.9. The van der Waals surface area contributed by atoms with E-state index in [-0.39, 0.29) is 23.3 Å². The Balaban J connectivity index is 1.21. The molecule has 0 radical (unpaired) electrons. The Kier molecular flexibility index (Phi) is 11.3. The first kappa shape index (κ1) is 34.1. The number of nitrogens with one attached hydrogen (secondary N) is 1. The summed E-state index contributed by atoms with van der Waals surface area (Å²) in [5, 5.41) is 3.39. The molecule has 2 aromatic carbocycles. The molecule has 3 aromatic heterocycles. The van der Waals surface area contributed by atoms with E-state index in [1.165, 1.54) is 23.5 Å². The van der Waals surface area contributed by atoms with Crippen molar-refractivity contribution in [2.75, 3.05) is 19.8 Å². The van der Waals surface area contributed by atoms with Gasteiger partial charge in [0, 0.05) is 51.1 Å². The quantitative estimate of drug-likeness (QED) is 0.0888. The molecule has 246 valence electrons. The fourth-order valence-electron chi connectivity index (χ4n) is 4.82. The summed E-state index contributed by atoms with van der Waals surface area (Å²) in [6.45, 7) is 5.15. The number of alkyl halides is 3. The van der Waals surface area contributed by atoms with E-state index in [1.54, 1.807) is 12.3 Å². The fourth-order valence-corrected chi connectivity index (χ4v) is 5.86. The van der Waals surface area contributed by atoms with Crippen LogP contribution < -0.4 is 10.1 Å². The van der Waals surface area contributed by atoms with Crippen molar-refractivity contribution in [3.05, 3.63) is 107 Å². The zero-order valence-corrected chi connectivity index (χ0v) is 26.3. The molecule has 0 saturated carbocycles. The van der Waals surface area contributed by atoms with E-state index in [9.17, 15) is 22.4 Å². The molecule has 3 heterocycles. The third kappa shape index (κ3) is 9.18. The molecule has 0 spiro atoms. The Labute approximate surface area is 272 Å². The summed E-state index contributed by atoms with van der Waals surface area (Å²) in [6, 6.07) is 13.4. The molecule has 0 bridgehead atoms. The number of aromatic nitrogens is 2. The van der Waals surface area contributed by atoms with E-state index in [0.29, 0.717) is 40.7 Å². The van der Waals surface area contributed by atoms with E-state index in [4.69, 9.17) is 9.47 Å². The smallest absolute Gasteiger partial charge is 0.416 e. The number of halogens is 5. The van der Waals surface area contributed by atoms with E-state index >= 15 is 4.39 Å². The number of carbonyl (C=O) groups is 1. The maximum atomic E-state index is 15.1. The summed E-state index contributed by atoms with van der Waals surface area (Å²) in [4.78, 5) is 22.4. The van der Waals surface area contributed by atoms with Gasteiger partial charge in [-0.2, -0.15) is 13.2 Å². The highest BCUT2D eigenvalue weighted by Gasteiger charge is 2.31. The highest BCUT2D eigenvalue weighted by atomic mass is 32.1. The zero-order chi connectivity index (χ0) is 33.4. The number of carbonyl (C=O) groups excluding carboxylic acids is 1. The van der Waals surface area contributed by atoms with Crippen LogP contribution in [-0.2, 0) is 35.1 Å². The first-order valence-electron chi connectivity index (χ1n) is 15.1. The van der Waals surface area contributed by atoms with Gasteiger partial charge in [0.15, 0.2) is 11.6 Å². The molecular formula is C35H32F5N3O3S. The number of hydrogen-bond donors (Lipinski definition) is 1. The van der Waals surface area contributed by atoms with Crippen molar-refractivity contribution in [1.82, 2.24) is 15.3 Å². The SMILES string of the molecule is CCCOCCCNCc1ccc(-c2cc3nccc(Oc4ccc(CC(=O)Cc5cc(C(F)(F)F)ccc5F)cc4F)c3s2)nc1. The fraction of sp³-hybridized carbons (Fsp3) is 0.286. The Morgan fingerprint density at radius 3 is 2.47 bits per heavy atom. The van der Waals surface area contributed by atoms with Crippen molar-refractivity contribution >= 4 is 27.3 Å². The predicted octanol–water partition coefficient (Wildman–Crippen LogP) is 8.71. The van der Waals surface area contributed by atoms with Crippen molar-refractivity contribution in [2.24, 2.45) is 0 Å². The normalized spacial score (nSPS) is 11.7. The summed E-state index contributed by atoms with van der Waals surface area (Å²) in [7, 11) is 0. The minimum Gasteiger partial charge on any atom is -0.453 e. The lowest BCUT2D eigenvalue weighted by Gasteiger charge is -2.10. The second-order valence-electron chi connectivity index (χ2n) is 10.9. The van der Waals surface area contributed by atoms with E-state index < -0.39 is 35.6 Å². The van der Waals surface area contributed by atoms with Gasteiger partial charge in [0.05, 0.1) is 26.4 Å². The molecule has 0 saturated heterocycles. The van der Waals surface area contributed by atoms with Gasteiger partial charge in [-0.3, -0.25) is 14.8 Å². The second kappa shape index (κ2) is 15.6. The highest BCUT2D eigenvalue weighted by molar-refractivity contribution is 7.22. The van der Waals surface area contributed by atoms with Gasteiger partial charge in [-0.25, -0.2) is 8.78 Å². The van der Waals surface area contributed by atoms with Crippen LogP contribution in [0.5, 0.6) is 11.5 Å². The molecule has 0 fully saturated rings. The lowest BCUT2D eigenvalue weighted by molar-refractivity contribution is -0.137. The summed E-state index contributed by atoms with van der Waals surface area (Å²) in [5.41, 5.74) is 1.33. The molecule has 47 heavy (non-hydrogen) atoms. The molecule has 6 nitrogen and oxygen atoms in total. The molecule has 1 N–H and O–H groups in total. The molecule has 0 aliphatic carbocycles.